The van der Waals surface area contributed by atoms with E-state index in [1.807, 2.05) is 36.4 Å². The molecule has 0 saturated carbocycles. The molecule has 54 heavy (non-hydrogen) atoms. The SMILES string of the molecule is COC(=O)c1ccc(C(=O)N2c3cc(C#N)ccc3N(Cc3c(OC)ccc4ccccc34)C(=O)C(NC(=O)C(C)N(C)C(=O)OC(C)(C)C)C2C)cc1. The number of nitrogens with zero attached hydrogens (tertiary/aromatic N) is 4. The average molecular weight is 734 g/mol. The second-order valence-corrected chi connectivity index (χ2v) is 13.9. The lowest BCUT2D eigenvalue weighted by Crippen LogP contribution is -2.60. The van der Waals surface area contributed by atoms with Crippen molar-refractivity contribution in [3.05, 3.63) is 101 Å². The Bertz CT molecular complexity index is 2150. The van der Waals surface area contributed by atoms with Gasteiger partial charge in [-0.15, -0.1) is 0 Å². The van der Waals surface area contributed by atoms with E-state index in [1.54, 1.807) is 39.8 Å². The van der Waals surface area contributed by atoms with Crippen molar-refractivity contribution < 1.29 is 38.2 Å². The predicted molar refractivity (Wildman–Crippen MR) is 202 cm³/mol. The summed E-state index contributed by atoms with van der Waals surface area (Å²) in [5.74, 6) is -1.86. The van der Waals surface area contributed by atoms with Gasteiger partial charge in [0.05, 0.1) is 55.4 Å². The maximum absolute atomic E-state index is 15.0. The van der Waals surface area contributed by atoms with Crippen LogP contribution in [0.4, 0.5) is 16.2 Å². The first kappa shape index (κ1) is 38.8. The third kappa shape index (κ3) is 7.83. The van der Waals surface area contributed by atoms with E-state index in [9.17, 15) is 24.4 Å². The number of methoxy groups -OCH3 is 2. The van der Waals surface area contributed by atoms with Crippen molar-refractivity contribution in [2.24, 2.45) is 0 Å². The highest BCUT2D eigenvalue weighted by Gasteiger charge is 2.44. The van der Waals surface area contributed by atoms with E-state index in [0.717, 1.165) is 15.7 Å². The standard InChI is InChI=1S/C41H43N5O8/c1-24-35(43-36(47)25(2)44(6)40(51)54-41(3,4)5)38(49)45(23-31-30-12-10-9-11-27(30)18-20-34(31)52-7)32-19-13-26(22-42)21-33(32)46(24)37(48)28-14-16-29(17-15-28)39(50)53-8/h9-21,24-25,35H,23H2,1-8H3,(H,43,47). The van der Waals surface area contributed by atoms with Crippen LogP contribution < -0.4 is 19.9 Å². The van der Waals surface area contributed by atoms with Gasteiger partial charge in [0.2, 0.25) is 5.91 Å². The molecule has 280 valence electrons. The van der Waals surface area contributed by atoms with E-state index in [-0.39, 0.29) is 28.9 Å². The zero-order valence-corrected chi connectivity index (χ0v) is 31.5. The summed E-state index contributed by atoms with van der Waals surface area (Å²) in [6.07, 6.45) is -0.737. The zero-order valence-electron chi connectivity index (χ0n) is 31.5. The number of esters is 1. The maximum Gasteiger partial charge on any atom is 0.410 e. The van der Waals surface area contributed by atoms with Crippen LogP contribution in [0.25, 0.3) is 10.8 Å². The number of carbonyl (C=O) groups excluding carboxylic acids is 5. The average Bonchev–Trinajstić information content (AvgIpc) is 3.24. The van der Waals surface area contributed by atoms with Crippen LogP contribution in [-0.4, -0.2) is 79.7 Å². The number of amides is 4. The fourth-order valence-electron chi connectivity index (χ4n) is 6.29. The van der Waals surface area contributed by atoms with E-state index in [4.69, 9.17) is 14.2 Å². The summed E-state index contributed by atoms with van der Waals surface area (Å²) in [7, 11) is 4.20. The summed E-state index contributed by atoms with van der Waals surface area (Å²) in [6.45, 7) is 8.21. The molecule has 4 aromatic rings. The molecular weight excluding hydrogens is 690 g/mol. The first-order valence-electron chi connectivity index (χ1n) is 17.3. The molecule has 0 bridgehead atoms. The summed E-state index contributed by atoms with van der Waals surface area (Å²) in [6, 6.07) is 20.5. The Balaban J connectivity index is 1.67. The van der Waals surface area contributed by atoms with Crippen molar-refractivity contribution >= 4 is 51.9 Å². The molecule has 0 spiro atoms. The van der Waals surface area contributed by atoms with Gasteiger partial charge in [0.25, 0.3) is 11.8 Å². The Hall–Kier alpha value is -6.42. The fraction of sp³-hybridized carbons (Fsp3) is 0.317. The van der Waals surface area contributed by atoms with E-state index in [2.05, 4.69) is 11.4 Å². The molecule has 13 nitrogen and oxygen atoms in total. The van der Waals surface area contributed by atoms with E-state index < -0.39 is 53.5 Å². The second kappa shape index (κ2) is 15.7. The van der Waals surface area contributed by atoms with Gasteiger partial charge in [0.1, 0.15) is 23.4 Å². The first-order chi connectivity index (χ1) is 25.6. The quantitative estimate of drug-likeness (QED) is 0.220. The number of carbonyl (C=O) groups is 5. The molecule has 4 aromatic carbocycles. The van der Waals surface area contributed by atoms with Crippen molar-refractivity contribution in [3.8, 4) is 11.8 Å². The molecule has 1 aliphatic heterocycles. The summed E-state index contributed by atoms with van der Waals surface area (Å²) >= 11 is 0. The molecule has 0 aromatic heterocycles. The van der Waals surface area contributed by atoms with Gasteiger partial charge < -0.3 is 29.3 Å². The van der Waals surface area contributed by atoms with Gasteiger partial charge in [0, 0.05) is 18.2 Å². The Labute approximate surface area is 314 Å². The lowest BCUT2D eigenvalue weighted by atomic mass is 10.0. The van der Waals surface area contributed by atoms with Gasteiger partial charge in [-0.3, -0.25) is 19.3 Å². The predicted octanol–water partition coefficient (Wildman–Crippen LogP) is 5.83. The highest BCUT2D eigenvalue weighted by Crippen LogP contribution is 2.40. The summed E-state index contributed by atoms with van der Waals surface area (Å²) < 4.78 is 16.0. The van der Waals surface area contributed by atoms with Gasteiger partial charge in [-0.25, -0.2) is 9.59 Å². The Morgan fingerprint density at radius 3 is 2.24 bits per heavy atom. The Morgan fingerprint density at radius 1 is 0.944 bits per heavy atom. The van der Waals surface area contributed by atoms with Crippen LogP contribution in [0.5, 0.6) is 5.75 Å². The smallest absolute Gasteiger partial charge is 0.410 e. The van der Waals surface area contributed by atoms with E-state index >= 15 is 4.79 Å². The van der Waals surface area contributed by atoms with Crippen LogP contribution in [0, 0.1) is 11.3 Å². The number of likely N-dealkylation sites (N-methyl/N-ethyl adjacent to an activating group) is 1. The number of anilines is 2. The molecule has 13 heteroatoms. The van der Waals surface area contributed by atoms with Crippen molar-refractivity contribution in [1.82, 2.24) is 10.2 Å². The molecule has 1 aliphatic rings. The van der Waals surface area contributed by atoms with Gasteiger partial charge in [0.15, 0.2) is 0 Å². The Morgan fingerprint density at radius 2 is 1.61 bits per heavy atom. The number of ether oxygens (including phenoxy) is 3. The fourth-order valence-corrected chi connectivity index (χ4v) is 6.29. The van der Waals surface area contributed by atoms with Crippen LogP contribution in [0.3, 0.4) is 0 Å². The van der Waals surface area contributed by atoms with Crippen molar-refractivity contribution in [2.75, 3.05) is 31.1 Å². The summed E-state index contributed by atoms with van der Waals surface area (Å²) in [5.41, 5.74) is 1.02. The minimum absolute atomic E-state index is 0.0371. The zero-order chi connectivity index (χ0) is 39.5. The molecule has 0 radical (unpaired) electrons. The lowest BCUT2D eigenvalue weighted by molar-refractivity contribution is -0.130. The normalized spacial score (nSPS) is 16.0. The number of hydrogen-bond donors (Lipinski definition) is 1. The minimum Gasteiger partial charge on any atom is -0.496 e. The third-order valence-electron chi connectivity index (χ3n) is 9.32. The first-order valence-corrected chi connectivity index (χ1v) is 17.3. The summed E-state index contributed by atoms with van der Waals surface area (Å²) in [5, 5.41) is 14.5. The molecule has 1 N–H and O–H groups in total. The number of benzene rings is 4. The van der Waals surface area contributed by atoms with Crippen LogP contribution >= 0.6 is 0 Å². The minimum atomic E-state index is -1.36. The van der Waals surface area contributed by atoms with Crippen molar-refractivity contribution in [1.29, 1.82) is 5.26 Å². The van der Waals surface area contributed by atoms with Gasteiger partial charge in [-0.1, -0.05) is 30.3 Å². The molecular formula is C41H43N5O8. The number of nitrogens with one attached hydrogen (secondary N) is 1. The van der Waals surface area contributed by atoms with Crippen LogP contribution in [0.15, 0.2) is 78.9 Å². The number of rotatable bonds is 8. The van der Waals surface area contributed by atoms with Crippen molar-refractivity contribution in [3.63, 3.8) is 0 Å². The topological polar surface area (TPSA) is 159 Å². The van der Waals surface area contributed by atoms with Gasteiger partial charge in [-0.2, -0.15) is 5.26 Å². The molecule has 1 heterocycles. The third-order valence-corrected chi connectivity index (χ3v) is 9.32. The Kier molecular flexibility index (Phi) is 11.3. The van der Waals surface area contributed by atoms with Crippen LogP contribution in [0.1, 0.15) is 66.5 Å². The second-order valence-electron chi connectivity index (χ2n) is 13.9. The highest BCUT2D eigenvalue weighted by atomic mass is 16.6. The summed E-state index contributed by atoms with van der Waals surface area (Å²) in [4.78, 5) is 72.7. The molecule has 0 fully saturated rings. The lowest BCUT2D eigenvalue weighted by Gasteiger charge is -2.34. The number of fused-ring (bicyclic) bond motifs is 2. The van der Waals surface area contributed by atoms with Gasteiger partial charge in [-0.05, 0) is 93.9 Å². The van der Waals surface area contributed by atoms with Crippen LogP contribution in [-0.2, 0) is 25.6 Å². The van der Waals surface area contributed by atoms with E-state index in [0.29, 0.717) is 17.0 Å². The maximum atomic E-state index is 15.0. The monoisotopic (exact) mass is 733 g/mol. The van der Waals surface area contributed by atoms with Gasteiger partial charge >= 0.3 is 12.1 Å². The number of hydrogen-bond acceptors (Lipinski definition) is 9. The van der Waals surface area contributed by atoms with E-state index in [1.165, 1.54) is 68.3 Å². The molecule has 3 atom stereocenters. The van der Waals surface area contributed by atoms with Crippen LogP contribution in [0.2, 0.25) is 0 Å². The van der Waals surface area contributed by atoms with Crippen molar-refractivity contribution in [2.45, 2.75) is 64.9 Å². The largest absolute Gasteiger partial charge is 0.496 e. The molecule has 4 amide bonds. The number of nitriles is 1. The molecule has 5 rings (SSSR count). The molecule has 0 saturated heterocycles. The highest BCUT2D eigenvalue weighted by molar-refractivity contribution is 6.14. The molecule has 3 unspecified atom stereocenters. The molecule has 0 aliphatic carbocycles.